The number of amides is 7. The van der Waals surface area contributed by atoms with Crippen molar-refractivity contribution in [2.75, 3.05) is 53.9 Å². The average molecular weight is 1370 g/mol. The van der Waals surface area contributed by atoms with Crippen molar-refractivity contribution in [1.29, 1.82) is 0 Å². The zero-order valence-electron chi connectivity index (χ0n) is 59.2. The summed E-state index contributed by atoms with van der Waals surface area (Å²) in [5, 5.41) is 19.4. The van der Waals surface area contributed by atoms with E-state index in [1.165, 1.54) is 44.4 Å². The summed E-state index contributed by atoms with van der Waals surface area (Å²) in [7, 11) is 6.84. The molecule has 30 heteroatoms. The van der Waals surface area contributed by atoms with Gasteiger partial charge in [-0.2, -0.15) is 5.48 Å². The van der Waals surface area contributed by atoms with Gasteiger partial charge in [-0.05, 0) is 82.1 Å². The first-order valence-electron chi connectivity index (χ1n) is 32.3. The molecule has 0 aromatic heterocycles. The standard InChI is InChI=1S/C67H101N7O23/c1-20-37(6)53(48(87-17)32-50(79)74-30-24-27-46(74)55(88-18)38(7)60(81)68-39(8)54(80)43-25-22-21-23-26-43)72(15)62(83)51(35(2)3)70-61(82)52(36(4)5)73(16)66(86)90-33-44-31-45(69-49(78)34-91-71-65(85)97-67(12,13)14)28-29-47(44)95-64-59(94-42(11)77)57(93-41(10)76)56(92-40(9)75)58(96-64)63(84)89-19/h21-23,25-26,28-29,31,35-39,46,48,51-59,64,80H,20,24,27,30,32-34H2,1-19H3,(H,68,81)(H,69,78)(H,70,82)(H,71,85)/t37-,38+,39+,46-,48+,51-,52-,53-,54+,55+,56?,57?,58?,59?,64?/m0/s1. The number of aliphatic hydroxyl groups is 1. The number of hydroxylamine groups is 1. The van der Waals surface area contributed by atoms with Crippen molar-refractivity contribution in [2.24, 2.45) is 23.7 Å². The first-order valence-corrected chi connectivity index (χ1v) is 32.3. The Balaban J connectivity index is 1.61. The van der Waals surface area contributed by atoms with Gasteiger partial charge >= 0.3 is 36.1 Å². The number of aliphatic hydroxyl groups excluding tert-OH is 1. The molecule has 2 saturated heterocycles. The predicted molar refractivity (Wildman–Crippen MR) is 347 cm³/mol. The van der Waals surface area contributed by atoms with Crippen LogP contribution < -0.4 is 26.2 Å². The number of anilines is 1. The lowest BCUT2D eigenvalue weighted by molar-refractivity contribution is -0.282. The molecule has 2 fully saturated rings. The summed E-state index contributed by atoms with van der Waals surface area (Å²) >= 11 is 0. The molecular weight excluding hydrogens is 1270 g/mol. The second kappa shape index (κ2) is 37.5. The van der Waals surface area contributed by atoms with Crippen LogP contribution in [-0.2, 0) is 97.2 Å². The van der Waals surface area contributed by atoms with Crippen LogP contribution in [0.3, 0.4) is 0 Å². The van der Waals surface area contributed by atoms with Crippen LogP contribution in [0.15, 0.2) is 48.5 Å². The van der Waals surface area contributed by atoms with Crippen LogP contribution in [0.4, 0.5) is 15.3 Å². The summed E-state index contributed by atoms with van der Waals surface area (Å²) in [4.78, 5) is 158. The van der Waals surface area contributed by atoms with Crippen molar-refractivity contribution in [3.05, 3.63) is 59.7 Å². The quantitative estimate of drug-likeness (QED) is 0.0363. The number of benzene rings is 2. The molecule has 2 aromatic rings. The van der Waals surface area contributed by atoms with Crippen LogP contribution in [0.2, 0.25) is 0 Å². The van der Waals surface area contributed by atoms with E-state index in [-0.39, 0.29) is 41.2 Å². The van der Waals surface area contributed by atoms with Gasteiger partial charge in [0.05, 0.1) is 55.9 Å². The van der Waals surface area contributed by atoms with E-state index < -0.39 is 170 Å². The van der Waals surface area contributed by atoms with Crippen molar-refractivity contribution < 1.29 is 110 Å². The molecule has 7 amide bonds. The van der Waals surface area contributed by atoms with Crippen LogP contribution in [-0.4, -0.2) is 213 Å². The maximum absolute atomic E-state index is 15.0. The number of nitrogens with one attached hydrogen (secondary N) is 4. The maximum Gasteiger partial charge on any atom is 0.431 e. The van der Waals surface area contributed by atoms with E-state index in [0.29, 0.717) is 31.4 Å². The van der Waals surface area contributed by atoms with E-state index in [1.54, 1.807) is 98.5 Å². The summed E-state index contributed by atoms with van der Waals surface area (Å²) in [5.74, 6) is -9.00. The highest BCUT2D eigenvalue weighted by atomic mass is 16.7. The Morgan fingerprint density at radius 3 is 1.94 bits per heavy atom. The van der Waals surface area contributed by atoms with E-state index in [2.05, 4.69) is 16.0 Å². The predicted octanol–water partition coefficient (Wildman–Crippen LogP) is 5.05. The minimum atomic E-state index is -1.88. The number of esters is 4. The van der Waals surface area contributed by atoms with Crippen molar-refractivity contribution in [3.63, 3.8) is 0 Å². The molecule has 5 unspecified atom stereocenters. The fourth-order valence-electron chi connectivity index (χ4n) is 11.8. The molecular formula is C67H101N7O23. The molecule has 2 aliphatic rings. The van der Waals surface area contributed by atoms with E-state index in [9.17, 15) is 57.8 Å². The van der Waals surface area contributed by atoms with Gasteiger partial charge in [0.15, 0.2) is 24.9 Å². The lowest BCUT2D eigenvalue weighted by atomic mass is 9.89. The lowest BCUT2D eigenvalue weighted by Gasteiger charge is -2.43. The minimum Gasteiger partial charge on any atom is -0.467 e. The van der Waals surface area contributed by atoms with Crippen LogP contribution in [0.1, 0.15) is 140 Å². The molecule has 2 heterocycles. The topological polar surface area (TPSA) is 367 Å². The van der Waals surface area contributed by atoms with Crippen molar-refractivity contribution >= 4 is 71.3 Å². The highest BCUT2D eigenvalue weighted by molar-refractivity contribution is 5.93. The van der Waals surface area contributed by atoms with Gasteiger partial charge in [-0.3, -0.25) is 48.1 Å². The second-order valence-electron chi connectivity index (χ2n) is 25.9. The Labute approximate surface area is 567 Å². The van der Waals surface area contributed by atoms with Crippen LogP contribution in [0, 0.1) is 23.7 Å². The molecule has 0 radical (unpaired) electrons. The fourth-order valence-corrected chi connectivity index (χ4v) is 11.8. The Bertz CT molecular complexity index is 3020. The van der Waals surface area contributed by atoms with Gasteiger partial charge in [0.2, 0.25) is 36.0 Å². The molecule has 15 atom stereocenters. The summed E-state index contributed by atoms with van der Waals surface area (Å²) in [6, 6.07) is 8.54. The number of carbonyl (C=O) groups excluding carboxylic acids is 11. The molecule has 4 rings (SSSR count). The van der Waals surface area contributed by atoms with Gasteiger partial charge in [-0.25, -0.2) is 14.4 Å². The number of methoxy groups -OCH3 is 3. The Hall–Kier alpha value is -8.19. The van der Waals surface area contributed by atoms with Gasteiger partial charge in [0.25, 0.3) is 5.91 Å². The number of hydrogen-bond acceptors (Lipinski definition) is 23. The normalized spacial score (nSPS) is 20.5. The van der Waals surface area contributed by atoms with Crippen molar-refractivity contribution in [3.8, 4) is 5.75 Å². The molecule has 0 saturated carbocycles. The molecule has 97 heavy (non-hydrogen) atoms. The third-order valence-corrected chi connectivity index (χ3v) is 16.6. The molecule has 2 aromatic carbocycles. The Morgan fingerprint density at radius 2 is 1.38 bits per heavy atom. The molecule has 542 valence electrons. The number of hydrogen-bond donors (Lipinski definition) is 5. The first-order chi connectivity index (χ1) is 45.5. The zero-order valence-corrected chi connectivity index (χ0v) is 59.2. The molecule has 0 aliphatic carbocycles. The molecule has 0 spiro atoms. The van der Waals surface area contributed by atoms with Crippen LogP contribution in [0.5, 0.6) is 5.75 Å². The van der Waals surface area contributed by atoms with E-state index in [4.69, 9.17) is 52.2 Å². The fraction of sp³-hybridized carbons (Fsp3) is 0.657. The number of carbonyl (C=O) groups is 11. The van der Waals surface area contributed by atoms with Crippen molar-refractivity contribution in [1.82, 2.24) is 30.8 Å². The van der Waals surface area contributed by atoms with Gasteiger partial charge < -0.3 is 78.2 Å². The van der Waals surface area contributed by atoms with Crippen molar-refractivity contribution in [2.45, 2.75) is 214 Å². The SMILES string of the molecule is CC[C@H](C)[C@@H]([C@@H](CC(=O)N1CCC[C@H]1[C@H](OC)[C@@H](C)C(=O)N[C@H](C)[C@@H](O)c1ccccc1)OC)N(C)C(=O)[C@@H](NC(=O)[C@H](C(C)C)N(C)C(=O)OCc1cc(NC(=O)CONC(=O)OC(C)(C)C)ccc1OC1OC(C(=O)OC)C(OC(C)=O)C(OC(C)=O)C1OC(C)=O)C(C)C. The van der Waals surface area contributed by atoms with Gasteiger partial charge in [0.1, 0.15) is 30.0 Å². The molecule has 2 aliphatic heterocycles. The highest BCUT2D eigenvalue weighted by Crippen LogP contribution is 2.35. The highest BCUT2D eigenvalue weighted by Gasteiger charge is 2.56. The third-order valence-electron chi connectivity index (χ3n) is 16.6. The minimum absolute atomic E-state index is 0.0308. The maximum atomic E-state index is 15.0. The lowest BCUT2D eigenvalue weighted by Crippen LogP contribution is -2.64. The molecule has 5 N–H and O–H groups in total. The third kappa shape index (κ3) is 23.2. The number of ether oxygens (including phenoxy) is 10. The second-order valence-corrected chi connectivity index (χ2v) is 25.9. The monoisotopic (exact) mass is 1370 g/mol. The first kappa shape index (κ1) is 81.2. The van der Waals surface area contributed by atoms with Crippen LogP contribution in [0.25, 0.3) is 0 Å². The number of nitrogens with zero attached hydrogens (tertiary/aromatic N) is 3. The molecule has 30 nitrogen and oxygen atoms in total. The number of rotatable bonds is 32. The van der Waals surface area contributed by atoms with Crippen LogP contribution >= 0.6 is 0 Å². The Kier molecular flexibility index (Phi) is 31.4. The summed E-state index contributed by atoms with van der Waals surface area (Å²) in [5.41, 5.74) is 1.75. The summed E-state index contributed by atoms with van der Waals surface area (Å²) < 4.78 is 56.6. The van der Waals surface area contributed by atoms with Gasteiger partial charge in [-0.15, -0.1) is 0 Å². The summed E-state index contributed by atoms with van der Waals surface area (Å²) in [6.07, 6.45) is -12.0. The number of likely N-dealkylation sites (tertiary alicyclic amines) is 1. The van der Waals surface area contributed by atoms with Gasteiger partial charge in [-0.1, -0.05) is 85.2 Å². The van der Waals surface area contributed by atoms with E-state index >= 15 is 0 Å². The largest absolute Gasteiger partial charge is 0.467 e. The van der Waals surface area contributed by atoms with Gasteiger partial charge in [0, 0.05) is 66.9 Å². The smallest absolute Gasteiger partial charge is 0.431 e. The Morgan fingerprint density at radius 1 is 0.763 bits per heavy atom. The number of likely N-dealkylation sites (N-methyl/N-ethyl adjacent to an activating group) is 2. The average Bonchev–Trinajstić information content (AvgIpc) is 1.35. The van der Waals surface area contributed by atoms with E-state index in [1.807, 2.05) is 25.4 Å². The summed E-state index contributed by atoms with van der Waals surface area (Å²) in [6.45, 7) is 21.0. The molecule has 0 bridgehead atoms. The van der Waals surface area contributed by atoms with E-state index in [0.717, 1.165) is 32.8 Å². The zero-order chi connectivity index (χ0) is 72.9.